The number of anilines is 2. The second kappa shape index (κ2) is 8.97. The van der Waals surface area contributed by atoms with Gasteiger partial charge in [-0.25, -0.2) is 14.5 Å². The van der Waals surface area contributed by atoms with E-state index >= 15 is 0 Å². The third kappa shape index (κ3) is 4.55. The standard InChI is InChI=1S/C24H18Cl2N6O/c25-18-7-4-8-19(21(18)26)30-24(33)28-17-11-9-16(10-12-17)22-29-20-13-27-32(23(20)31-22)14-15-5-2-1-3-6-15/h1-13H,14H2,(H,29,31)(H2,28,30,33). The SMILES string of the molecule is O=C(Nc1ccc(-c2nc3c(cnn3Cc3ccccc3)[nH]2)cc1)Nc1cccc(Cl)c1Cl. The molecule has 164 valence electrons. The minimum atomic E-state index is -0.420. The molecule has 0 spiro atoms. The average Bonchev–Trinajstić information content (AvgIpc) is 3.40. The minimum Gasteiger partial charge on any atom is -0.335 e. The summed E-state index contributed by atoms with van der Waals surface area (Å²) in [5.41, 5.74) is 4.75. The van der Waals surface area contributed by atoms with Gasteiger partial charge in [-0.3, -0.25) is 0 Å². The number of carbonyl (C=O) groups excluding carboxylic acids is 1. The van der Waals surface area contributed by atoms with Crippen LogP contribution in [0.5, 0.6) is 0 Å². The van der Waals surface area contributed by atoms with Gasteiger partial charge in [0.15, 0.2) is 5.65 Å². The second-order valence-electron chi connectivity index (χ2n) is 7.37. The number of carbonyl (C=O) groups is 1. The number of nitrogens with zero attached hydrogens (tertiary/aromatic N) is 3. The fourth-order valence-corrected chi connectivity index (χ4v) is 3.80. The molecule has 3 N–H and O–H groups in total. The number of halogens is 2. The fourth-order valence-electron chi connectivity index (χ4n) is 3.45. The summed E-state index contributed by atoms with van der Waals surface area (Å²) < 4.78 is 1.87. The summed E-state index contributed by atoms with van der Waals surface area (Å²) >= 11 is 12.1. The zero-order valence-electron chi connectivity index (χ0n) is 17.2. The molecule has 2 amide bonds. The summed E-state index contributed by atoms with van der Waals surface area (Å²) in [7, 11) is 0. The lowest BCUT2D eigenvalue weighted by Crippen LogP contribution is -2.19. The maximum absolute atomic E-state index is 12.3. The van der Waals surface area contributed by atoms with Gasteiger partial charge in [0.05, 0.1) is 28.5 Å². The number of imidazole rings is 1. The Morgan fingerprint density at radius 1 is 0.939 bits per heavy atom. The van der Waals surface area contributed by atoms with Crippen LogP contribution in [0.15, 0.2) is 79.0 Å². The maximum atomic E-state index is 12.3. The van der Waals surface area contributed by atoms with Crippen LogP contribution < -0.4 is 10.6 Å². The number of hydrogen-bond donors (Lipinski definition) is 3. The van der Waals surface area contributed by atoms with E-state index in [0.29, 0.717) is 28.0 Å². The van der Waals surface area contributed by atoms with E-state index in [1.54, 1.807) is 36.5 Å². The predicted octanol–water partition coefficient (Wildman–Crippen LogP) is 6.43. The lowest BCUT2D eigenvalue weighted by molar-refractivity contribution is 0.262. The maximum Gasteiger partial charge on any atom is 0.323 e. The van der Waals surface area contributed by atoms with Gasteiger partial charge < -0.3 is 15.6 Å². The summed E-state index contributed by atoms with van der Waals surface area (Å²) in [6.45, 7) is 0.642. The second-order valence-corrected chi connectivity index (χ2v) is 8.15. The number of nitrogens with one attached hydrogen (secondary N) is 3. The van der Waals surface area contributed by atoms with Crippen LogP contribution in [0, 0.1) is 0 Å². The highest BCUT2D eigenvalue weighted by molar-refractivity contribution is 6.44. The van der Waals surface area contributed by atoms with E-state index in [-0.39, 0.29) is 0 Å². The average molecular weight is 477 g/mol. The van der Waals surface area contributed by atoms with E-state index in [9.17, 15) is 4.79 Å². The van der Waals surface area contributed by atoms with Crippen LogP contribution in [0.25, 0.3) is 22.6 Å². The Hall–Kier alpha value is -3.81. The molecule has 0 bridgehead atoms. The highest BCUT2D eigenvalue weighted by atomic mass is 35.5. The molecule has 0 atom stereocenters. The highest BCUT2D eigenvalue weighted by Crippen LogP contribution is 2.29. The van der Waals surface area contributed by atoms with Gasteiger partial charge in [0, 0.05) is 11.3 Å². The Balaban J connectivity index is 1.29. The van der Waals surface area contributed by atoms with Gasteiger partial charge in [-0.2, -0.15) is 5.10 Å². The lowest BCUT2D eigenvalue weighted by atomic mass is 10.2. The summed E-state index contributed by atoms with van der Waals surface area (Å²) in [6.07, 6.45) is 1.77. The normalized spacial score (nSPS) is 11.0. The van der Waals surface area contributed by atoms with E-state index in [1.165, 1.54) is 0 Å². The summed E-state index contributed by atoms with van der Waals surface area (Å²) in [5, 5.41) is 10.6. The molecule has 2 heterocycles. The molecule has 0 unspecified atom stereocenters. The smallest absolute Gasteiger partial charge is 0.323 e. The third-order valence-electron chi connectivity index (χ3n) is 5.07. The van der Waals surface area contributed by atoms with Crippen molar-refractivity contribution >= 4 is 51.8 Å². The minimum absolute atomic E-state index is 0.292. The topological polar surface area (TPSA) is 87.6 Å². The van der Waals surface area contributed by atoms with Gasteiger partial charge in [0.1, 0.15) is 11.3 Å². The number of amides is 2. The van der Waals surface area contributed by atoms with E-state index in [1.807, 2.05) is 35.0 Å². The Labute approximate surface area is 199 Å². The van der Waals surface area contributed by atoms with Crippen molar-refractivity contribution in [3.63, 3.8) is 0 Å². The van der Waals surface area contributed by atoms with Crippen LogP contribution in [0.3, 0.4) is 0 Å². The van der Waals surface area contributed by atoms with Crippen molar-refractivity contribution in [2.45, 2.75) is 6.54 Å². The van der Waals surface area contributed by atoms with Crippen molar-refractivity contribution in [3.05, 3.63) is 94.6 Å². The molecule has 3 aromatic carbocycles. The number of aromatic nitrogens is 4. The molecule has 0 radical (unpaired) electrons. The van der Waals surface area contributed by atoms with E-state index < -0.39 is 6.03 Å². The number of fused-ring (bicyclic) bond motifs is 1. The number of aromatic amines is 1. The van der Waals surface area contributed by atoms with Crippen LogP contribution >= 0.6 is 23.2 Å². The monoisotopic (exact) mass is 476 g/mol. The van der Waals surface area contributed by atoms with Crippen LogP contribution in [-0.4, -0.2) is 25.8 Å². The largest absolute Gasteiger partial charge is 0.335 e. The first-order valence-electron chi connectivity index (χ1n) is 10.1. The number of hydrogen-bond acceptors (Lipinski definition) is 3. The van der Waals surface area contributed by atoms with Crippen molar-refractivity contribution in [2.24, 2.45) is 0 Å². The number of benzene rings is 3. The molecule has 33 heavy (non-hydrogen) atoms. The van der Waals surface area contributed by atoms with Gasteiger partial charge in [0.25, 0.3) is 0 Å². The molecule has 0 aliphatic carbocycles. The Kier molecular flexibility index (Phi) is 5.73. The molecule has 5 aromatic rings. The molecule has 9 heteroatoms. The van der Waals surface area contributed by atoms with Gasteiger partial charge in [-0.15, -0.1) is 0 Å². The van der Waals surface area contributed by atoms with Crippen LogP contribution in [0.2, 0.25) is 10.0 Å². The van der Waals surface area contributed by atoms with Crippen molar-refractivity contribution < 1.29 is 4.79 Å². The van der Waals surface area contributed by atoms with E-state index in [4.69, 9.17) is 28.2 Å². The van der Waals surface area contributed by atoms with Gasteiger partial charge in [0.2, 0.25) is 0 Å². The predicted molar refractivity (Wildman–Crippen MR) is 132 cm³/mol. The lowest BCUT2D eigenvalue weighted by Gasteiger charge is -2.10. The number of H-pyrrole nitrogens is 1. The van der Waals surface area contributed by atoms with Crippen LogP contribution in [0.1, 0.15) is 5.56 Å². The zero-order valence-corrected chi connectivity index (χ0v) is 18.7. The Morgan fingerprint density at radius 3 is 2.52 bits per heavy atom. The van der Waals surface area contributed by atoms with Crippen molar-refractivity contribution in [3.8, 4) is 11.4 Å². The van der Waals surface area contributed by atoms with Crippen molar-refractivity contribution in [1.29, 1.82) is 0 Å². The molecule has 7 nitrogen and oxygen atoms in total. The first kappa shape index (κ1) is 21.1. The first-order chi connectivity index (χ1) is 16.1. The van der Waals surface area contributed by atoms with Crippen LogP contribution in [-0.2, 0) is 6.54 Å². The van der Waals surface area contributed by atoms with E-state index in [2.05, 4.69) is 32.8 Å². The molecule has 0 saturated heterocycles. The summed E-state index contributed by atoms with van der Waals surface area (Å²) in [5.74, 6) is 0.728. The molecule has 0 fully saturated rings. The highest BCUT2D eigenvalue weighted by Gasteiger charge is 2.12. The third-order valence-corrected chi connectivity index (χ3v) is 5.89. The Morgan fingerprint density at radius 2 is 1.73 bits per heavy atom. The number of urea groups is 1. The van der Waals surface area contributed by atoms with Crippen LogP contribution in [0.4, 0.5) is 16.2 Å². The van der Waals surface area contributed by atoms with E-state index in [0.717, 1.165) is 28.1 Å². The van der Waals surface area contributed by atoms with Crippen molar-refractivity contribution in [2.75, 3.05) is 10.6 Å². The molecular weight excluding hydrogens is 459 g/mol. The van der Waals surface area contributed by atoms with Gasteiger partial charge in [-0.1, -0.05) is 59.6 Å². The molecular formula is C24H18Cl2N6O. The first-order valence-corrected chi connectivity index (χ1v) is 10.9. The fraction of sp³-hybridized carbons (Fsp3) is 0.0417. The molecule has 0 aliphatic rings. The van der Waals surface area contributed by atoms with Crippen molar-refractivity contribution in [1.82, 2.24) is 19.7 Å². The van der Waals surface area contributed by atoms with Gasteiger partial charge >= 0.3 is 6.03 Å². The quantitative estimate of drug-likeness (QED) is 0.273. The number of rotatable bonds is 5. The molecule has 0 saturated carbocycles. The summed E-state index contributed by atoms with van der Waals surface area (Å²) in [4.78, 5) is 20.3. The Bertz CT molecular complexity index is 1430. The molecule has 0 aliphatic heterocycles. The van der Waals surface area contributed by atoms with Gasteiger partial charge in [-0.05, 0) is 42.0 Å². The molecule has 2 aromatic heterocycles. The molecule has 5 rings (SSSR count). The summed E-state index contributed by atoms with van der Waals surface area (Å²) in [6, 6.07) is 22.1. The zero-order chi connectivity index (χ0) is 22.8.